The molecule has 0 unspecified atom stereocenters. The van der Waals surface area contributed by atoms with Crippen LogP contribution in [0.3, 0.4) is 0 Å². The van der Waals surface area contributed by atoms with Crippen molar-refractivity contribution in [2.75, 3.05) is 6.61 Å². The van der Waals surface area contributed by atoms with Crippen molar-refractivity contribution >= 4 is 33.5 Å². The normalized spacial score (nSPS) is 10.8. The monoisotopic (exact) mass is 410 g/mol. The Balaban J connectivity index is 2.04. The highest BCUT2D eigenvalue weighted by atomic mass is 79.9. The first-order chi connectivity index (χ1) is 11.3. The summed E-state index contributed by atoms with van der Waals surface area (Å²) in [6, 6.07) is 9.21. The topological polar surface area (TPSA) is 35.5 Å². The standard InChI is InChI=1S/C19H20BrClO3/c1-11(2)16-9-14(20)5-6-17(16)24-18(22)10-23-15-7-12(3)19(21)13(4)8-15/h5-9,11H,10H2,1-4H3. The van der Waals surface area contributed by atoms with Crippen molar-refractivity contribution in [3.8, 4) is 11.5 Å². The third-order valence-corrected chi connectivity index (χ3v) is 4.67. The molecule has 128 valence electrons. The second kappa shape index (κ2) is 8.04. The Hall–Kier alpha value is -1.52. The molecule has 0 saturated heterocycles. The van der Waals surface area contributed by atoms with E-state index in [1.807, 2.05) is 38.1 Å². The van der Waals surface area contributed by atoms with Gasteiger partial charge in [-0.15, -0.1) is 0 Å². The lowest BCUT2D eigenvalue weighted by Crippen LogP contribution is -2.18. The minimum atomic E-state index is -0.440. The average Bonchev–Trinajstić information content (AvgIpc) is 2.52. The van der Waals surface area contributed by atoms with Crippen LogP contribution in [0.4, 0.5) is 0 Å². The highest BCUT2D eigenvalue weighted by Gasteiger charge is 2.13. The molecule has 3 nitrogen and oxygen atoms in total. The molecule has 0 radical (unpaired) electrons. The van der Waals surface area contributed by atoms with Crippen LogP contribution >= 0.6 is 27.5 Å². The molecule has 0 aliphatic carbocycles. The van der Waals surface area contributed by atoms with Crippen LogP contribution in [0.15, 0.2) is 34.8 Å². The highest BCUT2D eigenvalue weighted by molar-refractivity contribution is 9.10. The molecule has 0 fully saturated rings. The quantitative estimate of drug-likeness (QED) is 0.459. The van der Waals surface area contributed by atoms with E-state index in [1.165, 1.54) is 0 Å². The molecule has 0 bridgehead atoms. The van der Waals surface area contributed by atoms with Crippen LogP contribution in [0.2, 0.25) is 5.02 Å². The fraction of sp³-hybridized carbons (Fsp3) is 0.316. The van der Waals surface area contributed by atoms with Gasteiger partial charge in [0.1, 0.15) is 11.5 Å². The highest BCUT2D eigenvalue weighted by Crippen LogP contribution is 2.30. The number of halogens is 2. The van der Waals surface area contributed by atoms with E-state index in [0.717, 1.165) is 21.2 Å². The third kappa shape index (κ3) is 4.74. The predicted octanol–water partition coefficient (Wildman–Crippen LogP) is 5.83. The lowest BCUT2D eigenvalue weighted by Gasteiger charge is -2.14. The van der Waals surface area contributed by atoms with E-state index in [1.54, 1.807) is 6.07 Å². The molecule has 0 N–H and O–H groups in total. The summed E-state index contributed by atoms with van der Waals surface area (Å²) in [5.41, 5.74) is 2.79. The molecule has 0 aliphatic heterocycles. The van der Waals surface area contributed by atoms with Crippen LogP contribution in [0.25, 0.3) is 0 Å². The van der Waals surface area contributed by atoms with Crippen LogP contribution in [-0.2, 0) is 4.79 Å². The van der Waals surface area contributed by atoms with E-state index in [-0.39, 0.29) is 12.5 Å². The van der Waals surface area contributed by atoms with Crippen LogP contribution in [-0.4, -0.2) is 12.6 Å². The number of hydrogen-bond acceptors (Lipinski definition) is 3. The summed E-state index contributed by atoms with van der Waals surface area (Å²) in [7, 11) is 0. The van der Waals surface area contributed by atoms with Gasteiger partial charge in [0.2, 0.25) is 0 Å². The zero-order chi connectivity index (χ0) is 17.9. The summed E-state index contributed by atoms with van der Waals surface area (Å²) in [6.07, 6.45) is 0. The van der Waals surface area contributed by atoms with Crippen molar-refractivity contribution in [1.29, 1.82) is 0 Å². The first-order valence-corrected chi connectivity index (χ1v) is 8.84. The fourth-order valence-corrected chi connectivity index (χ4v) is 2.84. The van der Waals surface area contributed by atoms with E-state index in [2.05, 4.69) is 29.8 Å². The molecule has 0 spiro atoms. The first kappa shape index (κ1) is 18.8. The lowest BCUT2D eigenvalue weighted by molar-refractivity contribution is -0.136. The average molecular weight is 412 g/mol. The molecule has 0 amide bonds. The Labute approximate surface area is 156 Å². The van der Waals surface area contributed by atoms with Crippen molar-refractivity contribution in [2.24, 2.45) is 0 Å². The number of benzene rings is 2. The molecule has 2 aromatic rings. The van der Waals surface area contributed by atoms with Crippen molar-refractivity contribution < 1.29 is 14.3 Å². The maximum atomic E-state index is 12.1. The van der Waals surface area contributed by atoms with Crippen molar-refractivity contribution in [3.05, 3.63) is 56.5 Å². The fourth-order valence-electron chi connectivity index (χ4n) is 2.35. The lowest BCUT2D eigenvalue weighted by atomic mass is 10.0. The van der Waals surface area contributed by atoms with Gasteiger partial charge < -0.3 is 9.47 Å². The molecule has 2 rings (SSSR count). The minimum Gasteiger partial charge on any atom is -0.482 e. The Kier molecular flexibility index (Phi) is 6.30. The van der Waals surface area contributed by atoms with Gasteiger partial charge in [0, 0.05) is 9.50 Å². The molecule has 0 aromatic heterocycles. The molecular formula is C19H20BrClO3. The Morgan fingerprint density at radius 1 is 1.17 bits per heavy atom. The first-order valence-electron chi connectivity index (χ1n) is 7.67. The Bertz CT molecular complexity index is 733. The van der Waals surface area contributed by atoms with Crippen LogP contribution < -0.4 is 9.47 Å². The van der Waals surface area contributed by atoms with Gasteiger partial charge in [-0.2, -0.15) is 0 Å². The largest absolute Gasteiger partial charge is 0.482 e. The number of aryl methyl sites for hydroxylation is 2. The number of esters is 1. The van der Waals surface area contributed by atoms with Gasteiger partial charge in [0.25, 0.3) is 0 Å². The van der Waals surface area contributed by atoms with Gasteiger partial charge in [-0.05, 0) is 66.8 Å². The predicted molar refractivity (Wildman–Crippen MR) is 100 cm³/mol. The van der Waals surface area contributed by atoms with Gasteiger partial charge in [-0.25, -0.2) is 4.79 Å². The van der Waals surface area contributed by atoms with Crippen molar-refractivity contribution in [3.63, 3.8) is 0 Å². The summed E-state index contributed by atoms with van der Waals surface area (Å²) in [4.78, 5) is 12.1. The number of rotatable bonds is 5. The minimum absolute atomic E-state index is 0.159. The van der Waals surface area contributed by atoms with E-state index < -0.39 is 5.97 Å². The zero-order valence-electron chi connectivity index (χ0n) is 14.2. The maximum Gasteiger partial charge on any atom is 0.349 e. The van der Waals surface area contributed by atoms with Crippen LogP contribution in [0.1, 0.15) is 36.5 Å². The van der Waals surface area contributed by atoms with Crippen LogP contribution in [0, 0.1) is 13.8 Å². The molecule has 0 atom stereocenters. The van der Waals surface area contributed by atoms with Crippen LogP contribution in [0.5, 0.6) is 11.5 Å². The van der Waals surface area contributed by atoms with E-state index in [9.17, 15) is 4.79 Å². The Morgan fingerprint density at radius 3 is 2.38 bits per heavy atom. The summed E-state index contributed by atoms with van der Waals surface area (Å²) in [5.74, 6) is 0.966. The van der Waals surface area contributed by atoms with Crippen molar-refractivity contribution in [2.45, 2.75) is 33.6 Å². The maximum absolute atomic E-state index is 12.1. The summed E-state index contributed by atoms with van der Waals surface area (Å²) >= 11 is 9.56. The second-order valence-electron chi connectivity index (χ2n) is 5.97. The molecular weight excluding hydrogens is 392 g/mol. The molecule has 0 aliphatic rings. The SMILES string of the molecule is Cc1cc(OCC(=O)Oc2ccc(Br)cc2C(C)C)cc(C)c1Cl. The molecule has 0 saturated carbocycles. The zero-order valence-corrected chi connectivity index (χ0v) is 16.5. The van der Waals surface area contributed by atoms with Gasteiger partial charge in [0.15, 0.2) is 6.61 Å². The van der Waals surface area contributed by atoms with Crippen molar-refractivity contribution in [1.82, 2.24) is 0 Å². The molecule has 0 heterocycles. The molecule has 24 heavy (non-hydrogen) atoms. The van der Waals surface area contributed by atoms with E-state index >= 15 is 0 Å². The molecule has 5 heteroatoms. The number of carbonyl (C=O) groups excluding carboxylic acids is 1. The van der Waals surface area contributed by atoms with Gasteiger partial charge in [-0.1, -0.05) is 41.4 Å². The number of ether oxygens (including phenoxy) is 2. The smallest absolute Gasteiger partial charge is 0.349 e. The number of hydrogen-bond donors (Lipinski definition) is 0. The third-order valence-electron chi connectivity index (χ3n) is 3.58. The van der Waals surface area contributed by atoms with E-state index in [4.69, 9.17) is 21.1 Å². The Morgan fingerprint density at radius 2 is 1.79 bits per heavy atom. The number of carbonyl (C=O) groups is 1. The van der Waals surface area contributed by atoms with Gasteiger partial charge >= 0.3 is 5.97 Å². The second-order valence-corrected chi connectivity index (χ2v) is 7.26. The van der Waals surface area contributed by atoms with E-state index in [0.29, 0.717) is 16.5 Å². The summed E-state index contributed by atoms with van der Waals surface area (Å²) < 4.78 is 11.9. The summed E-state index contributed by atoms with van der Waals surface area (Å²) in [6.45, 7) is 7.74. The van der Waals surface area contributed by atoms with Gasteiger partial charge in [0.05, 0.1) is 0 Å². The van der Waals surface area contributed by atoms with Gasteiger partial charge in [-0.3, -0.25) is 0 Å². The summed E-state index contributed by atoms with van der Waals surface area (Å²) in [5, 5.41) is 0.710. The molecule has 2 aromatic carbocycles.